The van der Waals surface area contributed by atoms with Gasteiger partial charge in [-0.05, 0) is 107 Å². The molecule has 92 heavy (non-hydrogen) atoms. The van der Waals surface area contributed by atoms with E-state index in [0.29, 0.717) is 69.0 Å². The van der Waals surface area contributed by atoms with Crippen LogP contribution in [0, 0.1) is 5.41 Å². The van der Waals surface area contributed by atoms with Crippen LogP contribution in [0.3, 0.4) is 0 Å². The second-order valence-electron chi connectivity index (χ2n) is 24.5. The van der Waals surface area contributed by atoms with Crippen molar-refractivity contribution in [2.24, 2.45) is 5.41 Å². The Hall–Kier alpha value is -7.92. The predicted molar refractivity (Wildman–Crippen MR) is 349 cm³/mol. The van der Waals surface area contributed by atoms with Crippen molar-refractivity contribution < 1.29 is 62.7 Å². The Balaban J connectivity index is 0.000000186. The lowest BCUT2D eigenvalue weighted by molar-refractivity contribution is -0.167. The Morgan fingerprint density at radius 1 is 0.565 bits per heavy atom. The molecule has 1 amide bonds. The number of aliphatic hydroxyl groups is 2. The number of aromatic nitrogens is 4. The number of ether oxygens (including phenoxy) is 4. The van der Waals surface area contributed by atoms with Crippen LogP contribution in [0.5, 0.6) is 0 Å². The first-order chi connectivity index (χ1) is 43.9. The van der Waals surface area contributed by atoms with Crippen molar-refractivity contribution in [3.8, 4) is 0 Å². The van der Waals surface area contributed by atoms with Crippen molar-refractivity contribution in [2.45, 2.75) is 134 Å². The second-order valence-corrected chi connectivity index (χ2v) is 24.9. The molecule has 6 heterocycles. The lowest BCUT2D eigenvalue weighted by atomic mass is 9.74. The van der Waals surface area contributed by atoms with Gasteiger partial charge in [0.05, 0.1) is 63.9 Å². The largest absolute Gasteiger partial charge is 0.469 e. The van der Waals surface area contributed by atoms with Gasteiger partial charge in [-0.25, -0.2) is 24.4 Å². The molecule has 0 aliphatic carbocycles. The first-order valence-electron chi connectivity index (χ1n) is 31.2. The van der Waals surface area contributed by atoms with Gasteiger partial charge >= 0.3 is 24.0 Å². The monoisotopic (exact) mass is 1290 g/mol. The van der Waals surface area contributed by atoms with E-state index in [2.05, 4.69) is 71.0 Å². The van der Waals surface area contributed by atoms with Crippen molar-refractivity contribution in [3.05, 3.63) is 180 Å². The zero-order valence-electron chi connectivity index (χ0n) is 54.3. The van der Waals surface area contributed by atoms with Gasteiger partial charge in [-0.3, -0.25) is 29.0 Å². The van der Waals surface area contributed by atoms with Crippen LogP contribution < -0.4 is 5.32 Å². The molecule has 4 saturated heterocycles. The zero-order valence-corrected chi connectivity index (χ0v) is 55.1. The maximum absolute atomic E-state index is 13.1. The van der Waals surface area contributed by atoms with Gasteiger partial charge in [0.15, 0.2) is 17.0 Å². The minimum atomic E-state index is -1.48. The van der Waals surface area contributed by atoms with E-state index < -0.39 is 45.5 Å². The van der Waals surface area contributed by atoms with E-state index in [4.69, 9.17) is 21.1 Å². The number of benzene rings is 4. The number of nitrogens with zero attached hydrogens (tertiary/aromatic N) is 7. The number of ketones is 2. The quantitative estimate of drug-likeness (QED) is 0.0374. The number of halogens is 1. The lowest BCUT2D eigenvalue weighted by Gasteiger charge is -2.36. The molecular formula is C70H91ClN8O13. The number of hydrogen-bond donors (Lipinski definition) is 3. The highest BCUT2D eigenvalue weighted by Crippen LogP contribution is 2.36. The van der Waals surface area contributed by atoms with Crippen LogP contribution in [0.2, 0.25) is 0 Å². The van der Waals surface area contributed by atoms with Crippen LogP contribution in [-0.4, -0.2) is 175 Å². The van der Waals surface area contributed by atoms with Gasteiger partial charge in [0.25, 0.3) is 5.24 Å². The summed E-state index contributed by atoms with van der Waals surface area (Å²) in [6.07, 6.45) is 9.97. The number of amides is 1. The maximum atomic E-state index is 13.1. The molecule has 496 valence electrons. The number of carbonyl (C=O) groups excluding carboxylic acids is 7. The number of hydrogen-bond acceptors (Lipinski definition) is 18. The molecule has 0 unspecified atom stereocenters. The van der Waals surface area contributed by atoms with Crippen LogP contribution in [0.15, 0.2) is 146 Å². The lowest BCUT2D eigenvalue weighted by Crippen LogP contribution is -2.52. The van der Waals surface area contributed by atoms with E-state index in [1.807, 2.05) is 103 Å². The molecule has 21 nitrogen and oxygen atoms in total. The number of imidazole rings is 2. The summed E-state index contributed by atoms with van der Waals surface area (Å²) in [7, 11) is 3.94. The normalized spacial score (nSPS) is 17.5. The Morgan fingerprint density at radius 2 is 0.957 bits per heavy atom. The van der Waals surface area contributed by atoms with Gasteiger partial charge in [-0.2, -0.15) is 0 Å². The Kier molecular flexibility index (Phi) is 28.0. The molecule has 4 fully saturated rings. The average molecular weight is 1290 g/mol. The summed E-state index contributed by atoms with van der Waals surface area (Å²) < 4.78 is 23.1. The molecule has 0 radical (unpaired) electrons. The third-order valence-corrected chi connectivity index (χ3v) is 17.1. The molecular weight excluding hydrogens is 1200 g/mol. The number of carbonyl (C=O) groups is 7. The molecule has 6 aromatic rings. The van der Waals surface area contributed by atoms with E-state index in [9.17, 15) is 43.8 Å². The Labute approximate surface area is 545 Å². The van der Waals surface area contributed by atoms with E-state index in [1.54, 1.807) is 44.2 Å². The van der Waals surface area contributed by atoms with Crippen LogP contribution in [-0.2, 0) is 51.2 Å². The third kappa shape index (κ3) is 21.6. The summed E-state index contributed by atoms with van der Waals surface area (Å²) in [5.74, 6) is -1.12. The SMILES string of the molecule is COC(=O)C1(CC(=O)c2cncn2[C@H](C)c2ccccc2)CCNCC1.COC(=O)C1(O)CCN(C(=O)OC(C)(C)C)CC1.COC(=O)C1(O)CCN(Cc2ccccc2)CC1.C[C@H](c1ccccc1)n1cncc1C(=O)Cl.O=C1CCN(Cc2ccccc2)CC1. The van der Waals surface area contributed by atoms with Gasteiger partial charge < -0.3 is 48.5 Å². The predicted octanol–water partition coefficient (Wildman–Crippen LogP) is 9.44. The summed E-state index contributed by atoms with van der Waals surface area (Å²) in [4.78, 5) is 96.5. The third-order valence-electron chi connectivity index (χ3n) is 16.9. The Bertz CT molecular complexity index is 3270. The Morgan fingerprint density at radius 3 is 1.37 bits per heavy atom. The van der Waals surface area contributed by atoms with Gasteiger partial charge in [0.2, 0.25) is 0 Å². The molecule has 0 saturated carbocycles. The molecule has 4 aliphatic heterocycles. The molecule has 2 aromatic heterocycles. The maximum Gasteiger partial charge on any atom is 0.410 e. The van der Waals surface area contributed by atoms with Crippen molar-refractivity contribution in [1.82, 2.24) is 39.1 Å². The van der Waals surface area contributed by atoms with Crippen molar-refractivity contribution in [1.29, 1.82) is 0 Å². The minimum Gasteiger partial charge on any atom is -0.469 e. The van der Waals surface area contributed by atoms with Gasteiger partial charge in [0.1, 0.15) is 22.8 Å². The highest BCUT2D eigenvalue weighted by molar-refractivity contribution is 6.67. The number of esters is 3. The number of piperidine rings is 4. The minimum absolute atomic E-state index is 0.0141. The van der Waals surface area contributed by atoms with Crippen molar-refractivity contribution in [3.63, 3.8) is 0 Å². The van der Waals surface area contributed by atoms with Gasteiger partial charge in [0, 0.05) is 84.5 Å². The number of Topliss-reactive ketones (excluding diaryl/α,β-unsaturated/α-hetero) is 2. The van der Waals surface area contributed by atoms with Crippen LogP contribution in [0.4, 0.5) is 4.79 Å². The highest BCUT2D eigenvalue weighted by Gasteiger charge is 2.44. The van der Waals surface area contributed by atoms with Crippen molar-refractivity contribution in [2.75, 3.05) is 73.7 Å². The van der Waals surface area contributed by atoms with Crippen LogP contribution >= 0.6 is 11.6 Å². The van der Waals surface area contributed by atoms with E-state index in [1.165, 1.54) is 43.6 Å². The van der Waals surface area contributed by atoms with E-state index >= 15 is 0 Å². The summed E-state index contributed by atoms with van der Waals surface area (Å²) >= 11 is 5.48. The summed E-state index contributed by atoms with van der Waals surface area (Å²) in [5.41, 5.74) is 1.68. The first kappa shape index (κ1) is 73.1. The summed E-state index contributed by atoms with van der Waals surface area (Å²) in [5, 5.41) is 22.9. The fourth-order valence-corrected chi connectivity index (χ4v) is 11.4. The molecule has 4 aliphatic rings. The molecule has 3 N–H and O–H groups in total. The molecule has 0 spiro atoms. The van der Waals surface area contributed by atoms with Gasteiger partial charge in [-0.1, -0.05) is 121 Å². The zero-order chi connectivity index (χ0) is 66.9. The van der Waals surface area contributed by atoms with Crippen LogP contribution in [0.25, 0.3) is 0 Å². The standard InChI is InChI=1S/C20H25N3O3.C14H19NO3.C12H11ClN2O.C12H21NO5.C12H15NO/c1-15(16-6-4-3-5-7-16)23-14-22-13-17(23)18(24)12-20(19(25)26-2)8-10-21-11-9-20;1-18-13(16)14(17)7-9-15(10-8-14)11-12-5-3-2-4-6-12;1-9(10-5-3-2-4-6-10)15-8-14-7-11(15)12(13)16;1-11(2,3)18-10(15)13-7-5-12(16,6-8-13)9(14)17-4;14-12-6-8-13(9-7-12)10-11-4-2-1-3-5-11/h3-7,13-15,21H,8-12H2,1-2H3;2-6,17H,7-11H2,1H3;2-9H,1H3;16H,5-8H2,1-4H3;1-5H,6-10H2/t15-;;9-;;/m1.1../s1. The fraction of sp³-hybridized carbons (Fsp3) is 0.471. The highest BCUT2D eigenvalue weighted by atomic mass is 35.5. The number of methoxy groups -OCH3 is 3. The number of rotatable bonds is 15. The molecule has 0 bridgehead atoms. The van der Waals surface area contributed by atoms with Gasteiger partial charge in [-0.15, -0.1) is 0 Å². The topological polar surface area (TPSA) is 254 Å². The van der Waals surface area contributed by atoms with E-state index in [0.717, 1.165) is 50.1 Å². The number of likely N-dealkylation sites (tertiary alicyclic amines) is 3. The second kappa shape index (κ2) is 35.2. The van der Waals surface area contributed by atoms with Crippen LogP contribution in [0.1, 0.15) is 148 Å². The number of nitrogens with one attached hydrogen (secondary N) is 1. The average Bonchev–Trinajstić information content (AvgIpc) is 1.75. The fourth-order valence-electron chi connectivity index (χ4n) is 11.3. The summed E-state index contributed by atoms with van der Waals surface area (Å²) in [6.45, 7) is 16.5. The van der Waals surface area contributed by atoms with Crippen molar-refractivity contribution >= 4 is 52.4 Å². The molecule has 22 heteroatoms. The molecule has 2 atom stereocenters. The smallest absolute Gasteiger partial charge is 0.410 e. The summed E-state index contributed by atoms with van der Waals surface area (Å²) in [6, 6.07) is 40.5. The molecule has 10 rings (SSSR count). The van der Waals surface area contributed by atoms with E-state index in [-0.39, 0.29) is 56.2 Å². The molecule has 4 aromatic carbocycles. The first-order valence-corrected chi connectivity index (χ1v) is 31.6.